The van der Waals surface area contributed by atoms with Gasteiger partial charge in [0.15, 0.2) is 0 Å². The molecule has 2 aliphatic heterocycles. The molecule has 0 spiro atoms. The van der Waals surface area contributed by atoms with Crippen LogP contribution in [0.4, 0.5) is 0 Å². The Morgan fingerprint density at radius 2 is 1.00 bits per heavy atom. The molecule has 3 aromatic heterocycles. The third-order valence-corrected chi connectivity index (χ3v) is 9.01. The summed E-state index contributed by atoms with van der Waals surface area (Å²) in [6.45, 7) is 0. The fourth-order valence-corrected chi connectivity index (χ4v) is 7.55. The topological polar surface area (TPSA) is 57.4 Å². The van der Waals surface area contributed by atoms with Crippen LogP contribution in [0.5, 0.6) is 0 Å². The minimum atomic E-state index is 0.939. The van der Waals surface area contributed by atoms with Crippen molar-refractivity contribution in [2.24, 2.45) is 0 Å². The van der Waals surface area contributed by atoms with Gasteiger partial charge in [0.05, 0.1) is 22.8 Å². The van der Waals surface area contributed by atoms with Gasteiger partial charge in [-0.05, 0) is 72.8 Å². The van der Waals surface area contributed by atoms with Gasteiger partial charge in [-0.2, -0.15) is 0 Å². The van der Waals surface area contributed by atoms with Gasteiger partial charge in [-0.25, -0.2) is 9.97 Å². The van der Waals surface area contributed by atoms with E-state index in [9.17, 15) is 0 Å². The molecule has 0 amide bonds. The van der Waals surface area contributed by atoms with Gasteiger partial charge in [0.25, 0.3) is 0 Å². The maximum absolute atomic E-state index is 4.63. The second kappa shape index (κ2) is 10.5. The molecule has 4 nitrogen and oxygen atoms in total. The zero-order valence-corrected chi connectivity index (χ0v) is 26.1. The molecule has 0 unspecified atom stereocenters. The van der Waals surface area contributed by atoms with E-state index in [1.54, 1.807) is 0 Å². The summed E-state index contributed by atoms with van der Waals surface area (Å²) in [5, 5.41) is 5.30. The summed E-state index contributed by atoms with van der Waals surface area (Å²) >= 11 is 4.94. The van der Waals surface area contributed by atoms with Crippen LogP contribution in [0.3, 0.4) is 0 Å². The van der Waals surface area contributed by atoms with Crippen LogP contribution in [0.25, 0.3) is 67.9 Å². The standard InChI is InChI=1S/C20H14N4.C14H8Br.Zn/c1-2-14-10-16-5-6-18(23-16)12-20-8-7-19(24-20)11-17-4-3-15(22-17)9-13(1)21-14;15-14-12-7-3-1-5-10(12)9-11-6-2-4-8-13(11)14;/h1-12,21,24H;1-7,9H;. The van der Waals surface area contributed by atoms with E-state index in [-0.39, 0.29) is 0 Å². The first-order valence-corrected chi connectivity index (χ1v) is 15.3. The monoisotopic (exact) mass is 629 g/mol. The van der Waals surface area contributed by atoms with Crippen LogP contribution in [0.1, 0.15) is 22.8 Å². The summed E-state index contributed by atoms with van der Waals surface area (Å²) in [5.74, 6) is 0. The van der Waals surface area contributed by atoms with Crippen molar-refractivity contribution in [3.8, 4) is 0 Å². The maximum atomic E-state index is 4.63. The third kappa shape index (κ3) is 5.09. The molecule has 0 saturated carbocycles. The van der Waals surface area contributed by atoms with Crippen molar-refractivity contribution in [3.63, 3.8) is 0 Å². The van der Waals surface area contributed by atoms with Crippen LogP contribution in [-0.2, 0) is 18.3 Å². The zero-order valence-electron chi connectivity index (χ0n) is 21.5. The Kier molecular flexibility index (Phi) is 6.51. The Morgan fingerprint density at radius 1 is 0.525 bits per heavy atom. The number of hydrogen-bond acceptors (Lipinski definition) is 2. The van der Waals surface area contributed by atoms with Crippen molar-refractivity contribution in [1.82, 2.24) is 19.9 Å². The molecule has 0 saturated heterocycles. The van der Waals surface area contributed by atoms with Gasteiger partial charge in [0, 0.05) is 22.1 Å². The van der Waals surface area contributed by atoms with Crippen LogP contribution in [-0.4, -0.2) is 19.9 Å². The van der Waals surface area contributed by atoms with E-state index < -0.39 is 0 Å². The molecule has 0 radical (unpaired) electrons. The fourth-order valence-electron chi connectivity index (χ4n) is 5.08. The van der Waals surface area contributed by atoms with Gasteiger partial charge >= 0.3 is 113 Å². The van der Waals surface area contributed by atoms with Crippen molar-refractivity contribution in [3.05, 3.63) is 124 Å². The first-order chi connectivity index (χ1) is 19.6. The molecule has 187 valence electrons. The summed E-state index contributed by atoms with van der Waals surface area (Å²) in [4.78, 5) is 16.0. The van der Waals surface area contributed by atoms with Crippen LogP contribution in [0, 0.1) is 0 Å². The number of hydrogen-bond donors (Lipinski definition) is 2. The van der Waals surface area contributed by atoms with E-state index in [0.717, 1.165) is 44.8 Å². The normalized spacial score (nSPS) is 12.1. The molecule has 0 aliphatic carbocycles. The van der Waals surface area contributed by atoms with Gasteiger partial charge in [-0.1, -0.05) is 0 Å². The Bertz CT molecular complexity index is 1980. The molecule has 8 bridgehead atoms. The summed E-state index contributed by atoms with van der Waals surface area (Å²) < 4.78 is 2.68. The number of rotatable bonds is 0. The van der Waals surface area contributed by atoms with Gasteiger partial charge < -0.3 is 9.97 Å². The third-order valence-electron chi connectivity index (χ3n) is 6.95. The average Bonchev–Trinajstić information content (AvgIpc) is 3.76. The van der Waals surface area contributed by atoms with Crippen LogP contribution >= 0.6 is 15.9 Å². The molecule has 40 heavy (non-hydrogen) atoms. The van der Waals surface area contributed by atoms with E-state index in [1.807, 2.05) is 48.6 Å². The SMILES string of the molecule is C1=Cc2cc3ccc(cc4nc(cc5ccc(cc1n2)[nH]5)C=C4)[nH]3.[Zn][c]1cccc2cc3ccccc3c(Br)c12. The van der Waals surface area contributed by atoms with Gasteiger partial charge in [-0.3, -0.25) is 0 Å². The van der Waals surface area contributed by atoms with Crippen LogP contribution in [0.2, 0.25) is 0 Å². The number of aromatic amines is 2. The predicted octanol–water partition coefficient (Wildman–Crippen LogP) is 8.58. The molecule has 0 atom stereocenters. The van der Waals surface area contributed by atoms with Crippen molar-refractivity contribution in [2.75, 3.05) is 0 Å². The molecule has 6 heteroatoms. The number of nitrogens with one attached hydrogen (secondary N) is 2. The molecule has 3 aromatic carbocycles. The quantitative estimate of drug-likeness (QED) is 0.130. The Hall–Kier alpha value is -4.12. The molecule has 5 heterocycles. The average molecular weight is 632 g/mol. The Morgan fingerprint density at radius 3 is 1.52 bits per heavy atom. The number of benzene rings is 3. The van der Waals surface area contributed by atoms with Gasteiger partial charge in [0.1, 0.15) is 0 Å². The predicted molar refractivity (Wildman–Crippen MR) is 168 cm³/mol. The number of nitrogens with zero attached hydrogens (tertiary/aromatic N) is 2. The second-order valence-electron chi connectivity index (χ2n) is 9.83. The number of fused-ring (bicyclic) bond motifs is 10. The summed E-state index contributed by atoms with van der Waals surface area (Å²) in [6.07, 6.45) is 8.09. The molecule has 2 N–H and O–H groups in total. The molecule has 2 aliphatic rings. The van der Waals surface area contributed by atoms with Crippen molar-refractivity contribution >= 4 is 88.0 Å². The fraction of sp³-hybridized carbons (Fsp3) is 0. The zero-order chi connectivity index (χ0) is 27.1. The van der Waals surface area contributed by atoms with Crippen LogP contribution in [0.15, 0.2) is 102 Å². The number of H-pyrrole nitrogens is 2. The summed E-state index contributed by atoms with van der Waals surface area (Å²) in [6, 6.07) is 33.7. The molecular weight excluding hydrogens is 610 g/mol. The molecule has 8 rings (SSSR count). The van der Waals surface area contributed by atoms with Gasteiger partial charge in [-0.15, -0.1) is 0 Å². The van der Waals surface area contributed by atoms with E-state index in [1.165, 1.54) is 48.5 Å². The number of aromatic nitrogens is 4. The molecular formula is C34H22BrN4Zn. The summed E-state index contributed by atoms with van der Waals surface area (Å²) in [7, 11) is 0. The molecule has 6 aromatic rings. The van der Waals surface area contributed by atoms with E-state index in [0.29, 0.717) is 0 Å². The Balaban J connectivity index is 0.000000144. The molecule has 0 fully saturated rings. The van der Waals surface area contributed by atoms with E-state index >= 15 is 0 Å². The minimum absolute atomic E-state index is 0.939. The Labute approximate surface area is 249 Å². The van der Waals surface area contributed by atoms with Gasteiger partial charge in [0.2, 0.25) is 0 Å². The second-order valence-corrected chi connectivity index (χ2v) is 12.2. The van der Waals surface area contributed by atoms with Crippen molar-refractivity contribution in [1.29, 1.82) is 0 Å². The van der Waals surface area contributed by atoms with Crippen molar-refractivity contribution < 1.29 is 18.3 Å². The van der Waals surface area contributed by atoms with E-state index in [2.05, 4.69) is 109 Å². The first-order valence-electron chi connectivity index (χ1n) is 13.0. The van der Waals surface area contributed by atoms with Crippen LogP contribution < -0.4 is 4.16 Å². The summed E-state index contributed by atoms with van der Waals surface area (Å²) in [5.41, 5.74) is 7.86. The first kappa shape index (κ1) is 24.9. The van der Waals surface area contributed by atoms with Crippen molar-refractivity contribution in [2.45, 2.75) is 0 Å². The van der Waals surface area contributed by atoms with E-state index in [4.69, 9.17) is 0 Å². The number of halogens is 1.